The molecule has 0 radical (unpaired) electrons. The molecule has 0 aliphatic heterocycles. The van der Waals surface area contributed by atoms with Crippen LogP contribution >= 0.6 is 0 Å². The Morgan fingerprint density at radius 1 is 1.03 bits per heavy atom. The standard InChI is InChI=1S/C25H19FN2O2/c1-17-7-12-25-22(13-17)23(15-27-25)24(16-28(29)30)21-14-20(26)11-10-19(21)9-8-18-5-3-2-4-6-18/h2-7,10-15,24,27H,16H2,1H3/t24-/m1/s1. The predicted molar refractivity (Wildman–Crippen MR) is 116 cm³/mol. The van der Waals surface area contributed by atoms with E-state index in [1.54, 1.807) is 12.3 Å². The van der Waals surface area contributed by atoms with Crippen LogP contribution in [0.5, 0.6) is 0 Å². The van der Waals surface area contributed by atoms with Gasteiger partial charge in [0, 0.05) is 33.1 Å². The van der Waals surface area contributed by atoms with Crippen LogP contribution in [0.1, 0.15) is 33.7 Å². The van der Waals surface area contributed by atoms with Crippen molar-refractivity contribution in [2.24, 2.45) is 0 Å². The molecule has 0 amide bonds. The van der Waals surface area contributed by atoms with Gasteiger partial charge in [0.2, 0.25) is 6.54 Å². The highest BCUT2D eigenvalue weighted by atomic mass is 19.1. The van der Waals surface area contributed by atoms with Gasteiger partial charge in [-0.2, -0.15) is 0 Å². The summed E-state index contributed by atoms with van der Waals surface area (Å²) in [5, 5.41) is 12.4. The monoisotopic (exact) mass is 398 g/mol. The Labute approximate surface area is 173 Å². The van der Waals surface area contributed by atoms with Crippen LogP contribution in [-0.4, -0.2) is 16.5 Å². The summed E-state index contributed by atoms with van der Waals surface area (Å²) in [5.41, 5.74) is 4.61. The zero-order valence-electron chi connectivity index (χ0n) is 16.4. The van der Waals surface area contributed by atoms with Crippen LogP contribution in [0, 0.1) is 34.7 Å². The number of aromatic nitrogens is 1. The first-order valence-electron chi connectivity index (χ1n) is 9.57. The first-order chi connectivity index (χ1) is 14.5. The van der Waals surface area contributed by atoms with Gasteiger partial charge in [0.15, 0.2) is 0 Å². The predicted octanol–water partition coefficient (Wildman–Crippen LogP) is 5.42. The number of nitro groups is 1. The van der Waals surface area contributed by atoms with E-state index < -0.39 is 11.7 Å². The van der Waals surface area contributed by atoms with Crippen LogP contribution in [0.25, 0.3) is 10.9 Å². The van der Waals surface area contributed by atoms with Crippen molar-refractivity contribution in [3.05, 3.63) is 117 Å². The third kappa shape index (κ3) is 4.08. The zero-order valence-corrected chi connectivity index (χ0v) is 16.4. The minimum atomic E-state index is -0.633. The highest BCUT2D eigenvalue weighted by Gasteiger charge is 2.26. The van der Waals surface area contributed by atoms with Gasteiger partial charge in [-0.1, -0.05) is 41.7 Å². The van der Waals surface area contributed by atoms with Crippen molar-refractivity contribution in [1.29, 1.82) is 0 Å². The minimum absolute atomic E-state index is 0.357. The summed E-state index contributed by atoms with van der Waals surface area (Å²) in [6.45, 7) is 1.61. The highest BCUT2D eigenvalue weighted by molar-refractivity contribution is 5.85. The van der Waals surface area contributed by atoms with E-state index in [0.29, 0.717) is 11.1 Å². The van der Waals surface area contributed by atoms with Crippen molar-refractivity contribution < 1.29 is 9.31 Å². The number of aryl methyl sites for hydroxylation is 1. The van der Waals surface area contributed by atoms with Gasteiger partial charge in [-0.15, -0.1) is 0 Å². The lowest BCUT2D eigenvalue weighted by Crippen LogP contribution is -2.15. The number of halogens is 1. The summed E-state index contributed by atoms with van der Waals surface area (Å²) in [6.07, 6.45) is 1.78. The van der Waals surface area contributed by atoms with Crippen molar-refractivity contribution >= 4 is 10.9 Å². The van der Waals surface area contributed by atoms with Gasteiger partial charge < -0.3 is 4.98 Å². The first-order valence-corrected chi connectivity index (χ1v) is 9.57. The number of hydrogen-bond donors (Lipinski definition) is 1. The number of nitrogens with one attached hydrogen (secondary N) is 1. The molecule has 5 heteroatoms. The fourth-order valence-corrected chi connectivity index (χ4v) is 3.65. The molecular weight excluding hydrogens is 379 g/mol. The van der Waals surface area contributed by atoms with Crippen LogP contribution in [0.4, 0.5) is 4.39 Å². The summed E-state index contributed by atoms with van der Waals surface area (Å²) >= 11 is 0. The molecule has 0 unspecified atom stereocenters. The van der Waals surface area contributed by atoms with Crippen molar-refractivity contribution in [3.63, 3.8) is 0 Å². The smallest absolute Gasteiger partial charge is 0.214 e. The SMILES string of the molecule is Cc1ccc2[nH]cc([C@H](C[N+](=O)[O-])c3cc(F)ccc3C#Cc3ccccc3)c2c1. The van der Waals surface area contributed by atoms with Gasteiger partial charge in [0.1, 0.15) is 5.82 Å². The second kappa shape index (κ2) is 8.22. The van der Waals surface area contributed by atoms with E-state index in [2.05, 4.69) is 16.8 Å². The summed E-state index contributed by atoms with van der Waals surface area (Å²) in [5.74, 6) is 5.08. The Morgan fingerprint density at radius 2 is 1.83 bits per heavy atom. The van der Waals surface area contributed by atoms with E-state index in [1.807, 2.05) is 55.5 Å². The van der Waals surface area contributed by atoms with Gasteiger partial charge in [-0.05, 0) is 60.5 Å². The maximum absolute atomic E-state index is 14.2. The average Bonchev–Trinajstić information content (AvgIpc) is 3.14. The number of rotatable bonds is 4. The Morgan fingerprint density at radius 3 is 2.60 bits per heavy atom. The summed E-state index contributed by atoms with van der Waals surface area (Å²) < 4.78 is 14.2. The van der Waals surface area contributed by atoms with Gasteiger partial charge in [0.05, 0.1) is 5.92 Å². The third-order valence-corrected chi connectivity index (χ3v) is 5.08. The molecule has 4 rings (SSSR count). The van der Waals surface area contributed by atoms with E-state index in [0.717, 1.165) is 27.6 Å². The fraction of sp³-hybridized carbons (Fsp3) is 0.120. The molecule has 1 atom stereocenters. The molecule has 0 saturated carbocycles. The van der Waals surface area contributed by atoms with Crippen molar-refractivity contribution in [1.82, 2.24) is 4.98 Å². The maximum atomic E-state index is 14.2. The molecule has 4 aromatic rings. The molecule has 1 aromatic heterocycles. The lowest BCUT2D eigenvalue weighted by atomic mass is 9.87. The number of fused-ring (bicyclic) bond motifs is 1. The van der Waals surface area contributed by atoms with Crippen LogP contribution in [-0.2, 0) is 0 Å². The van der Waals surface area contributed by atoms with Crippen LogP contribution in [0.2, 0.25) is 0 Å². The molecule has 0 fully saturated rings. The number of H-pyrrole nitrogens is 1. The molecule has 4 nitrogen and oxygen atoms in total. The lowest BCUT2D eigenvalue weighted by Gasteiger charge is -2.15. The molecule has 0 aliphatic carbocycles. The highest BCUT2D eigenvalue weighted by Crippen LogP contribution is 2.33. The molecular formula is C25H19FN2O2. The number of hydrogen-bond acceptors (Lipinski definition) is 2. The summed E-state index contributed by atoms with van der Waals surface area (Å²) in [4.78, 5) is 14.3. The average molecular weight is 398 g/mol. The lowest BCUT2D eigenvalue weighted by molar-refractivity contribution is -0.481. The third-order valence-electron chi connectivity index (χ3n) is 5.08. The molecule has 0 aliphatic rings. The number of nitrogens with zero attached hydrogens (tertiary/aromatic N) is 1. The van der Waals surface area contributed by atoms with E-state index in [1.165, 1.54) is 12.1 Å². The van der Waals surface area contributed by atoms with E-state index >= 15 is 0 Å². The Bertz CT molecular complexity index is 1280. The van der Waals surface area contributed by atoms with Crippen LogP contribution in [0.15, 0.2) is 72.9 Å². The van der Waals surface area contributed by atoms with Gasteiger partial charge in [-0.3, -0.25) is 10.1 Å². The van der Waals surface area contributed by atoms with Crippen molar-refractivity contribution in [3.8, 4) is 11.8 Å². The molecule has 1 N–H and O–H groups in total. The van der Waals surface area contributed by atoms with Crippen LogP contribution in [0.3, 0.4) is 0 Å². The van der Waals surface area contributed by atoms with E-state index in [4.69, 9.17) is 0 Å². The summed E-state index contributed by atoms with van der Waals surface area (Å²) in [7, 11) is 0. The largest absolute Gasteiger partial charge is 0.361 e. The molecule has 0 spiro atoms. The van der Waals surface area contributed by atoms with Gasteiger partial charge in [-0.25, -0.2) is 4.39 Å². The molecule has 3 aromatic carbocycles. The Balaban J connectivity index is 1.87. The van der Waals surface area contributed by atoms with E-state index in [9.17, 15) is 14.5 Å². The normalized spacial score (nSPS) is 11.7. The zero-order chi connectivity index (χ0) is 21.1. The quantitative estimate of drug-likeness (QED) is 0.283. The Hall–Kier alpha value is -3.91. The van der Waals surface area contributed by atoms with Gasteiger partial charge >= 0.3 is 0 Å². The van der Waals surface area contributed by atoms with Gasteiger partial charge in [0.25, 0.3) is 0 Å². The minimum Gasteiger partial charge on any atom is -0.361 e. The topological polar surface area (TPSA) is 58.9 Å². The molecule has 30 heavy (non-hydrogen) atoms. The van der Waals surface area contributed by atoms with Crippen molar-refractivity contribution in [2.75, 3.05) is 6.54 Å². The fourth-order valence-electron chi connectivity index (χ4n) is 3.65. The Kier molecular flexibility index (Phi) is 5.32. The molecule has 1 heterocycles. The second-order valence-electron chi connectivity index (χ2n) is 7.21. The first kappa shape index (κ1) is 19.4. The molecule has 0 bridgehead atoms. The summed E-state index contributed by atoms with van der Waals surface area (Å²) in [6, 6.07) is 19.6. The maximum Gasteiger partial charge on any atom is 0.214 e. The number of benzene rings is 3. The van der Waals surface area contributed by atoms with Crippen LogP contribution < -0.4 is 0 Å². The molecule has 148 valence electrons. The number of aromatic amines is 1. The van der Waals surface area contributed by atoms with Crippen molar-refractivity contribution in [2.45, 2.75) is 12.8 Å². The molecule has 0 saturated heterocycles. The van der Waals surface area contributed by atoms with E-state index in [-0.39, 0.29) is 11.5 Å². The second-order valence-corrected chi connectivity index (χ2v) is 7.21.